The number of hydrogen-bond acceptors (Lipinski definition) is 2. The molecule has 4 rings (SSSR count). The Kier molecular flexibility index (Phi) is 3.63. The Bertz CT molecular complexity index is 1020. The van der Waals surface area contributed by atoms with Gasteiger partial charge in [-0.25, -0.2) is 4.98 Å². The molecule has 4 heteroatoms. The van der Waals surface area contributed by atoms with Crippen LogP contribution in [0.25, 0.3) is 16.9 Å². The Labute approximate surface area is 144 Å². The van der Waals surface area contributed by atoms with Crippen LogP contribution in [0.5, 0.6) is 0 Å². The number of halogens is 1. The van der Waals surface area contributed by atoms with Crippen molar-refractivity contribution < 1.29 is 4.79 Å². The Hall–Kier alpha value is -2.91. The lowest BCUT2D eigenvalue weighted by Gasteiger charge is -2.05. The molecule has 0 bridgehead atoms. The highest BCUT2D eigenvalue weighted by Crippen LogP contribution is 2.27. The van der Waals surface area contributed by atoms with Gasteiger partial charge in [-0.1, -0.05) is 60.1 Å². The van der Waals surface area contributed by atoms with Crippen molar-refractivity contribution in [1.29, 1.82) is 0 Å². The van der Waals surface area contributed by atoms with Crippen LogP contribution in [0.1, 0.15) is 16.1 Å². The van der Waals surface area contributed by atoms with Crippen molar-refractivity contribution >= 4 is 23.0 Å². The molecule has 116 valence electrons. The number of carbonyl (C=O) groups excluding carboxylic acids is 1. The highest BCUT2D eigenvalue weighted by atomic mass is 35.5. The fraction of sp³-hybridized carbons (Fsp3) is 0. The number of hydrogen-bond donors (Lipinski definition) is 0. The van der Waals surface area contributed by atoms with Crippen molar-refractivity contribution in [1.82, 2.24) is 9.38 Å². The van der Waals surface area contributed by atoms with Gasteiger partial charge < -0.3 is 0 Å². The molecular formula is C20H13ClN2O. The van der Waals surface area contributed by atoms with Crippen LogP contribution in [0.2, 0.25) is 5.02 Å². The summed E-state index contributed by atoms with van der Waals surface area (Å²) in [5.74, 6) is -0.0562. The fourth-order valence-electron chi connectivity index (χ4n) is 2.75. The largest absolute Gasteiger partial charge is 0.296 e. The molecule has 0 unspecified atom stereocenters. The maximum atomic E-state index is 13.1. The van der Waals surface area contributed by atoms with E-state index in [1.807, 2.05) is 71.3 Å². The van der Waals surface area contributed by atoms with Crippen molar-refractivity contribution in [2.75, 3.05) is 0 Å². The van der Waals surface area contributed by atoms with Crippen LogP contribution in [0.4, 0.5) is 0 Å². The Morgan fingerprint density at radius 1 is 0.875 bits per heavy atom. The van der Waals surface area contributed by atoms with Gasteiger partial charge in [-0.2, -0.15) is 0 Å². The fourth-order valence-corrected chi connectivity index (χ4v) is 2.87. The SMILES string of the molecule is O=C(c1ccccc1)c1c(-c2ccc(Cl)cc2)nc2ccccn12. The van der Waals surface area contributed by atoms with E-state index in [0.717, 1.165) is 11.2 Å². The van der Waals surface area contributed by atoms with Crippen molar-refractivity contribution in [3.8, 4) is 11.3 Å². The first-order chi connectivity index (χ1) is 11.7. The highest BCUT2D eigenvalue weighted by molar-refractivity contribution is 6.30. The number of carbonyl (C=O) groups is 1. The predicted molar refractivity (Wildman–Crippen MR) is 95.5 cm³/mol. The average Bonchev–Trinajstić information content (AvgIpc) is 3.02. The third-order valence-electron chi connectivity index (χ3n) is 3.90. The van der Waals surface area contributed by atoms with E-state index < -0.39 is 0 Å². The monoisotopic (exact) mass is 332 g/mol. The molecule has 2 aromatic heterocycles. The summed E-state index contributed by atoms with van der Waals surface area (Å²) in [5, 5.41) is 0.651. The van der Waals surface area contributed by atoms with E-state index >= 15 is 0 Å². The van der Waals surface area contributed by atoms with Gasteiger partial charge in [0, 0.05) is 22.3 Å². The van der Waals surface area contributed by atoms with Gasteiger partial charge in [-0.3, -0.25) is 9.20 Å². The smallest absolute Gasteiger partial charge is 0.212 e. The number of pyridine rings is 1. The summed E-state index contributed by atoms with van der Waals surface area (Å²) in [4.78, 5) is 17.8. The van der Waals surface area contributed by atoms with Crippen molar-refractivity contribution in [3.63, 3.8) is 0 Å². The van der Waals surface area contributed by atoms with E-state index in [4.69, 9.17) is 11.6 Å². The van der Waals surface area contributed by atoms with Crippen molar-refractivity contribution in [2.45, 2.75) is 0 Å². The van der Waals surface area contributed by atoms with Crippen LogP contribution in [0, 0.1) is 0 Å². The molecule has 0 aliphatic rings. The van der Waals surface area contributed by atoms with E-state index in [1.54, 1.807) is 12.1 Å². The summed E-state index contributed by atoms with van der Waals surface area (Å²) in [6.07, 6.45) is 1.86. The molecule has 0 spiro atoms. The number of ketones is 1. The number of rotatable bonds is 3. The maximum Gasteiger partial charge on any atom is 0.212 e. The van der Waals surface area contributed by atoms with E-state index in [2.05, 4.69) is 4.98 Å². The third kappa shape index (κ3) is 2.49. The van der Waals surface area contributed by atoms with E-state index in [0.29, 0.717) is 22.0 Å². The number of benzene rings is 2. The second kappa shape index (κ2) is 5.95. The van der Waals surface area contributed by atoms with Gasteiger partial charge in [0.15, 0.2) is 0 Å². The van der Waals surface area contributed by atoms with Crippen LogP contribution >= 0.6 is 11.6 Å². The second-order valence-corrected chi connectivity index (χ2v) is 5.88. The lowest BCUT2D eigenvalue weighted by molar-refractivity contribution is 0.103. The average molecular weight is 333 g/mol. The summed E-state index contributed by atoms with van der Waals surface area (Å²) in [6, 6.07) is 22.3. The summed E-state index contributed by atoms with van der Waals surface area (Å²) in [6.45, 7) is 0. The molecule has 2 heterocycles. The van der Waals surface area contributed by atoms with E-state index in [9.17, 15) is 4.79 Å². The van der Waals surface area contributed by atoms with Gasteiger partial charge in [-0.15, -0.1) is 0 Å². The molecule has 24 heavy (non-hydrogen) atoms. The normalized spacial score (nSPS) is 10.9. The molecule has 0 aliphatic carbocycles. The molecule has 0 N–H and O–H groups in total. The molecule has 0 fully saturated rings. The minimum absolute atomic E-state index is 0.0562. The first-order valence-electron chi connectivity index (χ1n) is 7.57. The van der Waals surface area contributed by atoms with Crippen LogP contribution in [-0.4, -0.2) is 15.2 Å². The molecule has 0 saturated carbocycles. The predicted octanol–water partition coefficient (Wildman–Crippen LogP) is 4.89. The maximum absolute atomic E-state index is 13.1. The molecule has 0 atom stereocenters. The Morgan fingerprint density at radius 2 is 1.58 bits per heavy atom. The quantitative estimate of drug-likeness (QED) is 0.501. The zero-order valence-corrected chi connectivity index (χ0v) is 13.4. The summed E-state index contributed by atoms with van der Waals surface area (Å²) >= 11 is 5.98. The zero-order chi connectivity index (χ0) is 16.5. The van der Waals surface area contributed by atoms with Crippen LogP contribution in [0.3, 0.4) is 0 Å². The topological polar surface area (TPSA) is 34.4 Å². The minimum atomic E-state index is -0.0562. The molecule has 0 saturated heterocycles. The van der Waals surface area contributed by atoms with Crippen LogP contribution in [0.15, 0.2) is 79.0 Å². The third-order valence-corrected chi connectivity index (χ3v) is 4.15. The zero-order valence-electron chi connectivity index (χ0n) is 12.7. The first-order valence-corrected chi connectivity index (χ1v) is 7.94. The van der Waals surface area contributed by atoms with Crippen LogP contribution in [-0.2, 0) is 0 Å². The number of nitrogens with zero attached hydrogens (tertiary/aromatic N) is 2. The molecule has 0 amide bonds. The Morgan fingerprint density at radius 3 is 2.33 bits per heavy atom. The number of fused-ring (bicyclic) bond motifs is 1. The van der Waals surface area contributed by atoms with Crippen molar-refractivity contribution in [2.24, 2.45) is 0 Å². The van der Waals surface area contributed by atoms with Gasteiger partial charge in [0.25, 0.3) is 0 Å². The van der Waals surface area contributed by atoms with Gasteiger partial charge in [0.05, 0.1) is 0 Å². The Balaban J connectivity index is 1.97. The minimum Gasteiger partial charge on any atom is -0.296 e. The summed E-state index contributed by atoms with van der Waals surface area (Å²) in [5.41, 5.74) is 3.45. The molecule has 3 nitrogen and oxygen atoms in total. The first kappa shape index (κ1) is 14.7. The van der Waals surface area contributed by atoms with E-state index in [1.165, 1.54) is 0 Å². The lowest BCUT2D eigenvalue weighted by Crippen LogP contribution is -2.06. The number of imidazole rings is 1. The second-order valence-electron chi connectivity index (χ2n) is 5.44. The summed E-state index contributed by atoms with van der Waals surface area (Å²) < 4.78 is 1.83. The standard InChI is InChI=1S/C20H13ClN2O/c21-16-11-9-14(10-12-16)18-19(20(24)15-6-2-1-3-7-15)23-13-5-4-8-17(23)22-18/h1-13H. The summed E-state index contributed by atoms with van der Waals surface area (Å²) in [7, 11) is 0. The molecule has 0 radical (unpaired) electrons. The van der Waals surface area contributed by atoms with Gasteiger partial charge in [0.1, 0.15) is 17.0 Å². The molecule has 0 aliphatic heterocycles. The molecular weight excluding hydrogens is 320 g/mol. The van der Waals surface area contributed by atoms with Crippen LogP contribution < -0.4 is 0 Å². The van der Waals surface area contributed by atoms with E-state index in [-0.39, 0.29) is 5.78 Å². The van der Waals surface area contributed by atoms with Gasteiger partial charge in [-0.05, 0) is 24.3 Å². The molecule has 4 aromatic rings. The highest BCUT2D eigenvalue weighted by Gasteiger charge is 2.21. The molecule has 2 aromatic carbocycles. The van der Waals surface area contributed by atoms with Gasteiger partial charge in [0.2, 0.25) is 5.78 Å². The number of aromatic nitrogens is 2. The van der Waals surface area contributed by atoms with Crippen molar-refractivity contribution in [3.05, 3.63) is 95.3 Å². The lowest BCUT2D eigenvalue weighted by atomic mass is 10.0. The van der Waals surface area contributed by atoms with Gasteiger partial charge >= 0.3 is 0 Å².